The van der Waals surface area contributed by atoms with Gasteiger partial charge in [0.15, 0.2) is 5.82 Å². The van der Waals surface area contributed by atoms with Crippen LogP contribution in [0.15, 0.2) is 24.3 Å². The van der Waals surface area contributed by atoms with Gasteiger partial charge in [-0.2, -0.15) is 0 Å². The molecule has 1 aromatic carbocycles. The zero-order valence-electron chi connectivity index (χ0n) is 17.3. The predicted octanol–water partition coefficient (Wildman–Crippen LogP) is 3.91. The number of hydrogen-bond donors (Lipinski definition) is 2. The number of anilines is 1. The van der Waals surface area contributed by atoms with Gasteiger partial charge < -0.3 is 15.2 Å². The van der Waals surface area contributed by atoms with Crippen molar-refractivity contribution in [1.82, 2.24) is 14.9 Å². The molecule has 0 aliphatic carbocycles. The van der Waals surface area contributed by atoms with E-state index < -0.39 is 0 Å². The highest BCUT2D eigenvalue weighted by Crippen LogP contribution is 2.25. The molecule has 6 nitrogen and oxygen atoms in total. The van der Waals surface area contributed by atoms with Crippen LogP contribution in [0.1, 0.15) is 79.3 Å². The van der Waals surface area contributed by atoms with Gasteiger partial charge in [-0.15, -0.1) is 0 Å². The summed E-state index contributed by atoms with van der Waals surface area (Å²) in [4.78, 5) is 29.8. The Balaban J connectivity index is 1.83. The number of hydrogen-bond acceptors (Lipinski definition) is 3. The maximum Gasteiger partial charge on any atom is 0.291 e. The van der Waals surface area contributed by atoms with E-state index in [-0.39, 0.29) is 17.2 Å². The van der Waals surface area contributed by atoms with E-state index in [2.05, 4.69) is 36.4 Å². The third kappa shape index (κ3) is 4.26. The molecule has 1 aliphatic rings. The van der Waals surface area contributed by atoms with Crippen LogP contribution >= 0.6 is 0 Å². The first-order valence-electron chi connectivity index (χ1n) is 10.1. The van der Waals surface area contributed by atoms with Crippen LogP contribution in [0.2, 0.25) is 0 Å². The van der Waals surface area contributed by atoms with Crippen LogP contribution in [-0.4, -0.2) is 27.9 Å². The van der Waals surface area contributed by atoms with E-state index in [0.717, 1.165) is 43.6 Å². The number of fused-ring (bicyclic) bond motifs is 1. The van der Waals surface area contributed by atoms with Crippen LogP contribution in [0.4, 0.5) is 5.69 Å². The molecule has 150 valence electrons. The fraction of sp³-hybridized carbons (Fsp3) is 0.500. The van der Waals surface area contributed by atoms with Gasteiger partial charge in [-0.25, -0.2) is 4.98 Å². The first-order chi connectivity index (χ1) is 13.3. The molecule has 0 fully saturated rings. The number of amides is 2. The summed E-state index contributed by atoms with van der Waals surface area (Å²) in [6, 6.07) is 7.88. The maximum atomic E-state index is 12.9. The van der Waals surface area contributed by atoms with Gasteiger partial charge in [-0.1, -0.05) is 39.8 Å². The Morgan fingerprint density at radius 2 is 1.82 bits per heavy atom. The minimum Gasteiger partial charge on any atom is -0.351 e. The van der Waals surface area contributed by atoms with Crippen molar-refractivity contribution in [1.29, 1.82) is 0 Å². The Morgan fingerprint density at radius 1 is 1.11 bits per heavy atom. The summed E-state index contributed by atoms with van der Waals surface area (Å²) in [6.07, 6.45) is 3.63. The van der Waals surface area contributed by atoms with Crippen LogP contribution in [0.25, 0.3) is 0 Å². The second-order valence-electron chi connectivity index (χ2n) is 8.38. The van der Waals surface area contributed by atoms with Crippen LogP contribution in [0, 0.1) is 0 Å². The number of rotatable bonds is 5. The fourth-order valence-corrected chi connectivity index (χ4v) is 3.46. The van der Waals surface area contributed by atoms with Gasteiger partial charge in [0.05, 0.1) is 5.69 Å². The largest absolute Gasteiger partial charge is 0.351 e. The lowest BCUT2D eigenvalue weighted by Gasteiger charge is -2.19. The van der Waals surface area contributed by atoms with E-state index in [9.17, 15) is 9.59 Å². The van der Waals surface area contributed by atoms with E-state index in [0.29, 0.717) is 18.1 Å². The second kappa shape index (κ2) is 8.17. The SMILES string of the molecule is CCCNC(=O)c1nc(C(=O)Nc2ccc(C(C)(C)C)cc2)n2c1CCCC2. The molecule has 0 saturated heterocycles. The van der Waals surface area contributed by atoms with Crippen molar-refractivity contribution in [2.24, 2.45) is 0 Å². The van der Waals surface area contributed by atoms with E-state index in [1.54, 1.807) is 0 Å². The van der Waals surface area contributed by atoms with Crippen molar-refractivity contribution in [3.05, 3.63) is 47.0 Å². The lowest BCUT2D eigenvalue weighted by Crippen LogP contribution is -2.26. The first-order valence-corrected chi connectivity index (χ1v) is 10.1. The molecule has 1 aromatic heterocycles. The number of carbonyl (C=O) groups excluding carboxylic acids is 2. The highest BCUT2D eigenvalue weighted by atomic mass is 16.2. The summed E-state index contributed by atoms with van der Waals surface area (Å²) in [5.74, 6) is -0.154. The van der Waals surface area contributed by atoms with Gasteiger partial charge in [0.1, 0.15) is 5.69 Å². The molecule has 0 unspecified atom stereocenters. The van der Waals surface area contributed by atoms with Gasteiger partial charge in [0.25, 0.3) is 11.8 Å². The second-order valence-corrected chi connectivity index (χ2v) is 8.38. The summed E-state index contributed by atoms with van der Waals surface area (Å²) < 4.78 is 1.91. The topological polar surface area (TPSA) is 76.0 Å². The number of nitrogens with one attached hydrogen (secondary N) is 2. The summed E-state index contributed by atoms with van der Waals surface area (Å²) in [5.41, 5.74) is 3.25. The number of carbonyl (C=O) groups is 2. The van der Waals surface area contributed by atoms with Gasteiger partial charge in [-0.3, -0.25) is 9.59 Å². The van der Waals surface area contributed by atoms with Crippen molar-refractivity contribution in [2.75, 3.05) is 11.9 Å². The molecular weight excluding hydrogens is 352 g/mol. The third-order valence-electron chi connectivity index (χ3n) is 5.08. The zero-order chi connectivity index (χ0) is 20.3. The average molecular weight is 383 g/mol. The number of aromatic nitrogens is 2. The quantitative estimate of drug-likeness (QED) is 0.823. The predicted molar refractivity (Wildman–Crippen MR) is 111 cm³/mol. The Hall–Kier alpha value is -2.63. The smallest absolute Gasteiger partial charge is 0.291 e. The Morgan fingerprint density at radius 3 is 2.46 bits per heavy atom. The Labute approximate surface area is 166 Å². The van der Waals surface area contributed by atoms with Gasteiger partial charge in [-0.05, 0) is 48.8 Å². The zero-order valence-corrected chi connectivity index (χ0v) is 17.3. The molecule has 1 aliphatic heterocycles. The molecule has 2 heterocycles. The molecule has 0 spiro atoms. The molecule has 2 aromatic rings. The third-order valence-corrected chi connectivity index (χ3v) is 5.08. The molecule has 28 heavy (non-hydrogen) atoms. The molecule has 6 heteroatoms. The summed E-state index contributed by atoms with van der Waals surface area (Å²) >= 11 is 0. The monoisotopic (exact) mass is 382 g/mol. The Bertz CT molecular complexity index is 860. The van der Waals surface area contributed by atoms with Crippen LogP contribution < -0.4 is 10.6 Å². The average Bonchev–Trinajstić information content (AvgIpc) is 3.06. The lowest BCUT2D eigenvalue weighted by molar-refractivity contribution is 0.0947. The molecule has 0 saturated carbocycles. The van der Waals surface area contributed by atoms with Crippen molar-refractivity contribution in [3.8, 4) is 0 Å². The van der Waals surface area contributed by atoms with Gasteiger partial charge in [0.2, 0.25) is 0 Å². The van der Waals surface area contributed by atoms with Crippen molar-refractivity contribution >= 4 is 17.5 Å². The fourth-order valence-electron chi connectivity index (χ4n) is 3.46. The van der Waals surface area contributed by atoms with Crippen molar-refractivity contribution in [2.45, 2.75) is 65.3 Å². The lowest BCUT2D eigenvalue weighted by atomic mass is 9.87. The minimum absolute atomic E-state index is 0.0610. The van der Waals surface area contributed by atoms with Crippen LogP contribution in [0.5, 0.6) is 0 Å². The molecule has 0 atom stereocenters. The molecule has 2 amide bonds. The molecule has 0 radical (unpaired) electrons. The van der Waals surface area contributed by atoms with Gasteiger partial charge in [0, 0.05) is 18.8 Å². The highest BCUT2D eigenvalue weighted by Gasteiger charge is 2.27. The van der Waals surface area contributed by atoms with Crippen molar-refractivity contribution < 1.29 is 9.59 Å². The first kappa shape index (κ1) is 20.1. The van der Waals surface area contributed by atoms with E-state index in [1.165, 1.54) is 5.56 Å². The summed E-state index contributed by atoms with van der Waals surface area (Å²) in [5, 5.41) is 5.80. The number of imidazole rings is 1. The van der Waals surface area contributed by atoms with E-state index in [4.69, 9.17) is 0 Å². The molecule has 2 N–H and O–H groups in total. The normalized spacial score (nSPS) is 13.7. The number of benzene rings is 1. The standard InChI is InChI=1S/C22H30N4O2/c1-5-13-23-20(27)18-17-8-6-7-14-26(17)19(25-18)21(28)24-16-11-9-15(10-12-16)22(2,3)4/h9-12H,5-8,13-14H2,1-4H3,(H,23,27)(H,24,28). The summed E-state index contributed by atoms with van der Waals surface area (Å²) in [6.45, 7) is 9.79. The molecule has 0 bridgehead atoms. The molecule has 3 rings (SSSR count). The number of nitrogens with zero attached hydrogens (tertiary/aromatic N) is 2. The van der Waals surface area contributed by atoms with Gasteiger partial charge >= 0.3 is 0 Å². The van der Waals surface area contributed by atoms with Crippen molar-refractivity contribution in [3.63, 3.8) is 0 Å². The van der Waals surface area contributed by atoms with E-state index >= 15 is 0 Å². The molecular formula is C22H30N4O2. The maximum absolute atomic E-state index is 12.9. The van der Waals surface area contributed by atoms with E-state index in [1.807, 2.05) is 35.8 Å². The summed E-state index contributed by atoms with van der Waals surface area (Å²) in [7, 11) is 0. The Kier molecular flexibility index (Phi) is 5.87. The highest BCUT2D eigenvalue weighted by molar-refractivity contribution is 6.03. The minimum atomic E-state index is -0.277. The van der Waals surface area contributed by atoms with Crippen LogP contribution in [-0.2, 0) is 18.4 Å². The van der Waals surface area contributed by atoms with Crippen LogP contribution in [0.3, 0.4) is 0 Å².